The Balaban J connectivity index is 1.47. The number of aliphatic imine (C=N–C) groups is 1. The van der Waals surface area contributed by atoms with Crippen molar-refractivity contribution in [2.45, 2.75) is 19.3 Å². The number of guanidine groups is 1. The van der Waals surface area contributed by atoms with Gasteiger partial charge in [-0.25, -0.2) is 0 Å². The smallest absolute Gasteiger partial charge is 0.193 e. The normalized spacial score (nSPS) is 13.8. The maximum Gasteiger partial charge on any atom is 0.193 e. The summed E-state index contributed by atoms with van der Waals surface area (Å²) in [7, 11) is 4.09. The van der Waals surface area contributed by atoms with Crippen molar-refractivity contribution in [1.82, 2.24) is 0 Å². The molecule has 3 N–H and O–H groups in total. The predicted octanol–water partition coefficient (Wildman–Crippen LogP) is 3.27. The first-order chi connectivity index (χ1) is 13.1. The van der Waals surface area contributed by atoms with Crippen LogP contribution in [0.25, 0.3) is 0 Å². The third-order valence-electron chi connectivity index (χ3n) is 4.38. The molecule has 144 valence electrons. The van der Waals surface area contributed by atoms with Crippen molar-refractivity contribution >= 4 is 17.3 Å². The number of fused-ring (bicyclic) bond motifs is 1. The number of benzene rings is 2. The fourth-order valence-corrected chi connectivity index (χ4v) is 2.87. The number of aryl methyl sites for hydroxylation is 1. The Morgan fingerprint density at radius 1 is 1.07 bits per heavy atom. The second kappa shape index (κ2) is 9.16. The summed E-state index contributed by atoms with van der Waals surface area (Å²) in [5, 5.41) is 3.12. The van der Waals surface area contributed by atoms with Crippen LogP contribution < -0.4 is 25.4 Å². The van der Waals surface area contributed by atoms with Crippen LogP contribution in [0.3, 0.4) is 0 Å². The van der Waals surface area contributed by atoms with Crippen LogP contribution in [0.1, 0.15) is 18.4 Å². The van der Waals surface area contributed by atoms with Crippen LogP contribution in [0.15, 0.2) is 47.5 Å². The number of hydrogen-bond acceptors (Lipinski definition) is 4. The molecule has 0 amide bonds. The zero-order valence-corrected chi connectivity index (χ0v) is 16.1. The topological polar surface area (TPSA) is 72.1 Å². The van der Waals surface area contributed by atoms with Gasteiger partial charge >= 0.3 is 0 Å². The Labute approximate surface area is 161 Å². The minimum absolute atomic E-state index is 0.410. The molecule has 1 aliphatic heterocycles. The molecule has 6 heteroatoms. The molecule has 0 radical (unpaired) electrons. The van der Waals surface area contributed by atoms with Crippen molar-refractivity contribution in [2.24, 2.45) is 10.7 Å². The fourth-order valence-electron chi connectivity index (χ4n) is 2.87. The molecule has 0 saturated heterocycles. The molecule has 2 aromatic carbocycles. The van der Waals surface area contributed by atoms with Crippen LogP contribution >= 0.6 is 0 Å². The fraction of sp³-hybridized carbons (Fsp3) is 0.381. The van der Waals surface area contributed by atoms with Crippen molar-refractivity contribution in [3.05, 3.63) is 48.0 Å². The number of rotatable bonds is 6. The number of ether oxygens (including phenoxy) is 2. The maximum absolute atomic E-state index is 6.01. The molecule has 1 heterocycles. The van der Waals surface area contributed by atoms with Gasteiger partial charge < -0.3 is 25.4 Å². The van der Waals surface area contributed by atoms with E-state index in [2.05, 4.69) is 39.5 Å². The number of nitrogens with one attached hydrogen (secondary N) is 1. The van der Waals surface area contributed by atoms with E-state index in [1.807, 2.05) is 32.3 Å². The number of nitrogens with zero attached hydrogens (tertiary/aromatic N) is 2. The molecule has 6 nitrogen and oxygen atoms in total. The lowest BCUT2D eigenvalue weighted by Crippen LogP contribution is -2.22. The van der Waals surface area contributed by atoms with Crippen molar-refractivity contribution in [1.29, 1.82) is 0 Å². The average Bonchev–Trinajstić information content (AvgIpc) is 2.90. The molecule has 0 unspecified atom stereocenters. The SMILES string of the molecule is CN(C)c1ccc(CCCN=C(N)Nc2ccc3c(c2)OCCCO3)cc1. The van der Waals surface area contributed by atoms with Crippen LogP contribution in [-0.4, -0.2) is 39.8 Å². The van der Waals surface area contributed by atoms with Gasteiger partial charge in [-0.15, -0.1) is 0 Å². The lowest BCUT2D eigenvalue weighted by atomic mass is 10.1. The van der Waals surface area contributed by atoms with Gasteiger partial charge in [-0.1, -0.05) is 12.1 Å². The van der Waals surface area contributed by atoms with Gasteiger partial charge in [0.2, 0.25) is 0 Å². The van der Waals surface area contributed by atoms with Gasteiger partial charge in [-0.2, -0.15) is 0 Å². The molecule has 2 aromatic rings. The van der Waals surface area contributed by atoms with Crippen molar-refractivity contribution < 1.29 is 9.47 Å². The Morgan fingerprint density at radius 3 is 2.56 bits per heavy atom. The van der Waals surface area contributed by atoms with E-state index >= 15 is 0 Å². The lowest BCUT2D eigenvalue weighted by molar-refractivity contribution is 0.297. The molecule has 3 rings (SSSR count). The standard InChI is InChI=1S/C21H28N4O2/c1-25(2)18-9-6-16(7-10-18)5-3-12-23-21(22)24-17-8-11-19-20(15-17)27-14-4-13-26-19/h6-11,15H,3-5,12-14H2,1-2H3,(H3,22,23,24). The predicted molar refractivity (Wildman–Crippen MR) is 111 cm³/mol. The third-order valence-corrected chi connectivity index (χ3v) is 4.38. The van der Waals surface area contributed by atoms with Crippen LogP contribution in [0, 0.1) is 0 Å². The quantitative estimate of drug-likeness (QED) is 0.465. The Kier molecular flexibility index (Phi) is 6.41. The molecule has 0 atom stereocenters. The summed E-state index contributed by atoms with van der Waals surface area (Å²) in [6, 6.07) is 14.3. The van der Waals surface area contributed by atoms with Crippen molar-refractivity contribution in [3.8, 4) is 11.5 Å². The summed E-state index contributed by atoms with van der Waals surface area (Å²) < 4.78 is 11.3. The van der Waals surface area contributed by atoms with Crippen LogP contribution in [0.4, 0.5) is 11.4 Å². The molecule has 1 aliphatic rings. The van der Waals surface area contributed by atoms with Gasteiger partial charge in [0.1, 0.15) is 0 Å². The van der Waals surface area contributed by atoms with E-state index in [0.29, 0.717) is 25.7 Å². The average molecular weight is 368 g/mol. The van der Waals surface area contributed by atoms with E-state index in [1.54, 1.807) is 0 Å². The Hall–Kier alpha value is -2.89. The largest absolute Gasteiger partial charge is 0.490 e. The first kappa shape index (κ1) is 18.9. The zero-order chi connectivity index (χ0) is 19.1. The molecule has 0 saturated carbocycles. The first-order valence-corrected chi connectivity index (χ1v) is 9.35. The highest BCUT2D eigenvalue weighted by Gasteiger charge is 2.10. The van der Waals surface area contributed by atoms with Crippen LogP contribution in [0.2, 0.25) is 0 Å². The number of anilines is 2. The van der Waals surface area contributed by atoms with Crippen LogP contribution in [0.5, 0.6) is 11.5 Å². The highest BCUT2D eigenvalue weighted by atomic mass is 16.5. The minimum Gasteiger partial charge on any atom is -0.490 e. The van der Waals surface area contributed by atoms with E-state index in [4.69, 9.17) is 15.2 Å². The molecule has 27 heavy (non-hydrogen) atoms. The molecular weight excluding hydrogens is 340 g/mol. The second-order valence-electron chi connectivity index (χ2n) is 6.77. The summed E-state index contributed by atoms with van der Waals surface area (Å²) in [5.74, 6) is 1.92. The minimum atomic E-state index is 0.410. The summed E-state index contributed by atoms with van der Waals surface area (Å²) in [5.41, 5.74) is 9.37. The monoisotopic (exact) mass is 368 g/mol. The Bertz CT molecular complexity index is 772. The molecule has 0 spiro atoms. The van der Waals surface area contributed by atoms with E-state index in [0.717, 1.165) is 36.4 Å². The van der Waals surface area contributed by atoms with Crippen LogP contribution in [-0.2, 0) is 6.42 Å². The summed E-state index contributed by atoms with van der Waals surface area (Å²) >= 11 is 0. The number of nitrogens with two attached hydrogens (primary N) is 1. The summed E-state index contributed by atoms with van der Waals surface area (Å²) in [6.07, 6.45) is 2.82. The van der Waals surface area contributed by atoms with E-state index in [1.165, 1.54) is 11.3 Å². The van der Waals surface area contributed by atoms with Gasteiger partial charge in [-0.05, 0) is 42.7 Å². The van der Waals surface area contributed by atoms with Gasteiger partial charge in [-0.3, -0.25) is 4.99 Å². The van der Waals surface area contributed by atoms with Gasteiger partial charge in [0.25, 0.3) is 0 Å². The van der Waals surface area contributed by atoms with E-state index in [9.17, 15) is 0 Å². The molecule has 0 fully saturated rings. The maximum atomic E-state index is 6.01. The molecular formula is C21H28N4O2. The third kappa shape index (κ3) is 5.54. The molecule has 0 aromatic heterocycles. The van der Waals surface area contributed by atoms with Crippen molar-refractivity contribution in [3.63, 3.8) is 0 Å². The number of hydrogen-bond donors (Lipinski definition) is 2. The van der Waals surface area contributed by atoms with Gasteiger partial charge in [0.15, 0.2) is 17.5 Å². The highest BCUT2D eigenvalue weighted by molar-refractivity contribution is 5.92. The summed E-state index contributed by atoms with van der Waals surface area (Å²) in [6.45, 7) is 2.02. The zero-order valence-electron chi connectivity index (χ0n) is 16.1. The molecule has 0 aliphatic carbocycles. The first-order valence-electron chi connectivity index (χ1n) is 9.35. The summed E-state index contributed by atoms with van der Waals surface area (Å²) in [4.78, 5) is 6.51. The lowest BCUT2D eigenvalue weighted by Gasteiger charge is -2.12. The highest BCUT2D eigenvalue weighted by Crippen LogP contribution is 2.32. The van der Waals surface area contributed by atoms with Gasteiger partial charge in [0.05, 0.1) is 13.2 Å². The Morgan fingerprint density at radius 2 is 1.81 bits per heavy atom. The second-order valence-corrected chi connectivity index (χ2v) is 6.77. The van der Waals surface area contributed by atoms with E-state index in [-0.39, 0.29) is 0 Å². The van der Waals surface area contributed by atoms with Crippen molar-refractivity contribution in [2.75, 3.05) is 44.1 Å². The molecule has 0 bridgehead atoms. The van der Waals surface area contributed by atoms with Gasteiger partial charge in [0, 0.05) is 44.5 Å². The van der Waals surface area contributed by atoms with E-state index < -0.39 is 0 Å².